The lowest BCUT2D eigenvalue weighted by Crippen LogP contribution is -2.46. The van der Waals surface area contributed by atoms with Gasteiger partial charge in [-0.2, -0.15) is 0 Å². The van der Waals surface area contributed by atoms with Gasteiger partial charge in [0, 0.05) is 0 Å². The molecule has 48 valence electrons. The van der Waals surface area contributed by atoms with E-state index in [0.717, 1.165) is 19.6 Å². The maximum absolute atomic E-state index is 5.35. The first-order chi connectivity index (χ1) is 3.71. The smallest absolute Gasteiger partial charge is 0.113 e. The highest BCUT2D eigenvalue weighted by Crippen LogP contribution is 2.08. The number of nitrogens with one attached hydrogen (secondary N) is 1. The summed E-state index contributed by atoms with van der Waals surface area (Å²) in [6, 6.07) is 0. The van der Waals surface area contributed by atoms with Crippen LogP contribution in [0.3, 0.4) is 0 Å². The molecular formula is C6H13NO. The third kappa shape index (κ3) is 1.46. The fourth-order valence-electron chi connectivity index (χ4n) is 0.840. The van der Waals surface area contributed by atoms with Crippen LogP contribution in [-0.4, -0.2) is 18.9 Å². The molecule has 1 rings (SSSR count). The van der Waals surface area contributed by atoms with Crippen molar-refractivity contribution < 1.29 is 4.74 Å². The van der Waals surface area contributed by atoms with Crippen molar-refractivity contribution in [2.75, 3.05) is 13.2 Å². The summed E-state index contributed by atoms with van der Waals surface area (Å²) >= 11 is 0. The van der Waals surface area contributed by atoms with Crippen molar-refractivity contribution in [1.29, 1.82) is 0 Å². The van der Waals surface area contributed by atoms with Gasteiger partial charge in [0.15, 0.2) is 0 Å². The zero-order valence-corrected chi connectivity index (χ0v) is 5.53. The second-order valence-electron chi connectivity index (χ2n) is 2.64. The molecule has 0 amide bonds. The predicted octanol–water partition coefficient (Wildman–Crippen LogP) is 0.732. The van der Waals surface area contributed by atoms with E-state index >= 15 is 0 Å². The van der Waals surface area contributed by atoms with E-state index in [-0.39, 0.29) is 5.72 Å². The van der Waals surface area contributed by atoms with Crippen molar-refractivity contribution in [3.05, 3.63) is 0 Å². The van der Waals surface area contributed by atoms with Crippen molar-refractivity contribution in [1.82, 2.24) is 5.32 Å². The fourth-order valence-corrected chi connectivity index (χ4v) is 0.840. The lowest BCUT2D eigenvalue weighted by Gasteiger charge is -2.31. The Morgan fingerprint density at radius 2 is 2.25 bits per heavy atom. The molecule has 8 heavy (non-hydrogen) atoms. The Bertz CT molecular complexity index is 72.6. The normalized spacial score (nSPS) is 27.8. The van der Waals surface area contributed by atoms with Crippen LogP contribution < -0.4 is 5.32 Å². The van der Waals surface area contributed by atoms with E-state index in [4.69, 9.17) is 4.74 Å². The zero-order chi connectivity index (χ0) is 6.04. The summed E-state index contributed by atoms with van der Waals surface area (Å²) in [7, 11) is 0. The molecule has 0 saturated carbocycles. The third-order valence-corrected chi connectivity index (χ3v) is 1.33. The summed E-state index contributed by atoms with van der Waals surface area (Å²) in [4.78, 5) is 0. The molecule has 0 aromatic carbocycles. The lowest BCUT2D eigenvalue weighted by atomic mass is 10.2. The summed E-state index contributed by atoms with van der Waals surface area (Å²) in [6.07, 6.45) is 1.14. The fraction of sp³-hybridized carbons (Fsp3) is 1.00. The zero-order valence-electron chi connectivity index (χ0n) is 5.53. The van der Waals surface area contributed by atoms with Crippen molar-refractivity contribution in [3.63, 3.8) is 0 Å². The van der Waals surface area contributed by atoms with Gasteiger partial charge in [-0.3, -0.25) is 5.32 Å². The van der Waals surface area contributed by atoms with Gasteiger partial charge >= 0.3 is 0 Å². The second kappa shape index (κ2) is 2.03. The van der Waals surface area contributed by atoms with E-state index in [1.54, 1.807) is 0 Å². The molecule has 1 saturated heterocycles. The third-order valence-electron chi connectivity index (χ3n) is 1.33. The van der Waals surface area contributed by atoms with E-state index < -0.39 is 0 Å². The first-order valence-electron chi connectivity index (χ1n) is 3.10. The minimum atomic E-state index is -0.0712. The van der Waals surface area contributed by atoms with E-state index in [0.29, 0.717) is 0 Å². The van der Waals surface area contributed by atoms with Gasteiger partial charge in [0.1, 0.15) is 5.72 Å². The molecule has 1 aliphatic heterocycles. The Kier molecular flexibility index (Phi) is 1.54. The van der Waals surface area contributed by atoms with Gasteiger partial charge in [-0.1, -0.05) is 0 Å². The molecule has 1 heterocycles. The van der Waals surface area contributed by atoms with Crippen LogP contribution in [0, 0.1) is 0 Å². The highest BCUT2D eigenvalue weighted by molar-refractivity contribution is 4.68. The highest BCUT2D eigenvalue weighted by atomic mass is 16.5. The van der Waals surface area contributed by atoms with Gasteiger partial charge in [0.25, 0.3) is 0 Å². The Morgan fingerprint density at radius 3 is 2.50 bits per heavy atom. The molecule has 0 aromatic rings. The summed E-state index contributed by atoms with van der Waals surface area (Å²) in [5, 5.41) is 3.24. The number of hydrogen-bond donors (Lipinski definition) is 1. The molecular weight excluding hydrogens is 102 g/mol. The van der Waals surface area contributed by atoms with Crippen LogP contribution in [0.2, 0.25) is 0 Å². The Balaban J connectivity index is 2.33. The predicted molar refractivity (Wildman–Crippen MR) is 32.7 cm³/mol. The highest BCUT2D eigenvalue weighted by Gasteiger charge is 2.19. The molecule has 0 aliphatic carbocycles. The van der Waals surface area contributed by atoms with Crippen LogP contribution >= 0.6 is 0 Å². The average molecular weight is 115 g/mol. The van der Waals surface area contributed by atoms with E-state index in [1.807, 2.05) is 13.8 Å². The van der Waals surface area contributed by atoms with Gasteiger partial charge in [0.05, 0.1) is 6.61 Å². The van der Waals surface area contributed by atoms with Crippen molar-refractivity contribution in [2.45, 2.75) is 26.0 Å². The topological polar surface area (TPSA) is 21.3 Å². The van der Waals surface area contributed by atoms with Crippen LogP contribution in [0.15, 0.2) is 0 Å². The summed E-state index contributed by atoms with van der Waals surface area (Å²) < 4.78 is 5.35. The molecule has 2 nitrogen and oxygen atoms in total. The van der Waals surface area contributed by atoms with Crippen LogP contribution in [0.4, 0.5) is 0 Å². The summed E-state index contributed by atoms with van der Waals surface area (Å²) in [6.45, 7) is 6.09. The maximum atomic E-state index is 5.35. The standard InChI is InChI=1S/C6H13NO/c1-6(2)7-4-3-5-8-6/h7H,3-5H2,1-2H3. The van der Waals surface area contributed by atoms with Crippen molar-refractivity contribution >= 4 is 0 Å². The molecule has 0 unspecified atom stereocenters. The quantitative estimate of drug-likeness (QED) is 0.502. The molecule has 1 N–H and O–H groups in total. The average Bonchev–Trinajstić information content (AvgIpc) is 1.65. The number of ether oxygens (including phenoxy) is 1. The largest absolute Gasteiger partial charge is 0.361 e. The first kappa shape index (κ1) is 6.05. The van der Waals surface area contributed by atoms with Crippen LogP contribution in [0.25, 0.3) is 0 Å². The van der Waals surface area contributed by atoms with Gasteiger partial charge in [-0.15, -0.1) is 0 Å². The minimum Gasteiger partial charge on any atom is -0.361 e. The molecule has 0 atom stereocenters. The van der Waals surface area contributed by atoms with Crippen LogP contribution in [-0.2, 0) is 4.74 Å². The van der Waals surface area contributed by atoms with E-state index in [9.17, 15) is 0 Å². The molecule has 1 fully saturated rings. The van der Waals surface area contributed by atoms with Gasteiger partial charge in [-0.25, -0.2) is 0 Å². The molecule has 0 spiro atoms. The molecule has 0 bridgehead atoms. The molecule has 0 radical (unpaired) electrons. The summed E-state index contributed by atoms with van der Waals surface area (Å²) in [5.74, 6) is 0. The monoisotopic (exact) mass is 115 g/mol. The molecule has 0 aromatic heterocycles. The van der Waals surface area contributed by atoms with Crippen LogP contribution in [0.1, 0.15) is 20.3 Å². The van der Waals surface area contributed by atoms with Gasteiger partial charge in [-0.05, 0) is 26.8 Å². The Morgan fingerprint density at radius 1 is 1.50 bits per heavy atom. The maximum Gasteiger partial charge on any atom is 0.113 e. The SMILES string of the molecule is CC1(C)NCCCO1. The van der Waals surface area contributed by atoms with E-state index in [1.165, 1.54) is 0 Å². The Labute approximate surface area is 50.2 Å². The van der Waals surface area contributed by atoms with Crippen molar-refractivity contribution in [2.24, 2.45) is 0 Å². The van der Waals surface area contributed by atoms with E-state index in [2.05, 4.69) is 5.32 Å². The Hall–Kier alpha value is -0.0800. The lowest BCUT2D eigenvalue weighted by molar-refractivity contribution is -0.0679. The van der Waals surface area contributed by atoms with Crippen molar-refractivity contribution in [3.8, 4) is 0 Å². The number of hydrogen-bond acceptors (Lipinski definition) is 2. The first-order valence-corrected chi connectivity index (χ1v) is 3.10. The minimum absolute atomic E-state index is 0.0712. The molecule has 1 aliphatic rings. The number of rotatable bonds is 0. The van der Waals surface area contributed by atoms with Crippen LogP contribution in [0.5, 0.6) is 0 Å². The van der Waals surface area contributed by atoms with Gasteiger partial charge in [0.2, 0.25) is 0 Å². The molecule has 2 heteroatoms. The van der Waals surface area contributed by atoms with Gasteiger partial charge < -0.3 is 4.74 Å². The summed E-state index contributed by atoms with van der Waals surface area (Å²) in [5.41, 5.74) is -0.0712. The second-order valence-corrected chi connectivity index (χ2v) is 2.64.